The van der Waals surface area contributed by atoms with Gasteiger partial charge in [-0.1, -0.05) is 19.3 Å². The van der Waals surface area contributed by atoms with E-state index in [-0.39, 0.29) is 19.1 Å². The van der Waals surface area contributed by atoms with Crippen molar-refractivity contribution in [2.45, 2.75) is 51.0 Å². The molecule has 6 nitrogen and oxygen atoms in total. The van der Waals surface area contributed by atoms with Crippen molar-refractivity contribution in [3.63, 3.8) is 0 Å². The molecule has 0 aliphatic heterocycles. The number of rotatable bonds is 7. The predicted octanol–water partition coefficient (Wildman–Crippen LogP) is 3.00. The number of aromatic nitrogens is 1. The molecule has 1 aliphatic carbocycles. The zero-order valence-corrected chi connectivity index (χ0v) is 14.7. The van der Waals surface area contributed by atoms with E-state index in [4.69, 9.17) is 9.15 Å². The van der Waals surface area contributed by atoms with E-state index in [0.29, 0.717) is 23.7 Å². The number of hydrogen-bond donors (Lipinski definition) is 2. The number of oxazole rings is 1. The standard InChI is InChI=1S/C19H26N2O4/c1-2-24-12-15(22)11-20-18(23)14-8-9-16-17(10-14)25-19(21-16)13-6-4-3-5-7-13/h8-10,13,15,22H,2-7,11-12H2,1H3,(H,20,23). The predicted molar refractivity (Wildman–Crippen MR) is 94.7 cm³/mol. The molecular formula is C19H26N2O4. The minimum absolute atomic E-state index is 0.153. The van der Waals surface area contributed by atoms with Gasteiger partial charge in [-0.2, -0.15) is 0 Å². The average Bonchev–Trinajstić information content (AvgIpc) is 3.08. The normalized spacial score (nSPS) is 16.9. The van der Waals surface area contributed by atoms with E-state index >= 15 is 0 Å². The Kier molecular flexibility index (Phi) is 6.04. The number of hydrogen-bond acceptors (Lipinski definition) is 5. The molecule has 3 rings (SSSR count). The van der Waals surface area contributed by atoms with Crippen LogP contribution in [-0.2, 0) is 4.74 Å². The van der Waals surface area contributed by atoms with Crippen LogP contribution in [0.25, 0.3) is 11.1 Å². The van der Waals surface area contributed by atoms with E-state index in [1.807, 2.05) is 13.0 Å². The molecule has 1 aromatic carbocycles. The van der Waals surface area contributed by atoms with E-state index in [1.165, 1.54) is 19.3 Å². The second-order valence-electron chi connectivity index (χ2n) is 6.59. The van der Waals surface area contributed by atoms with Crippen molar-refractivity contribution in [1.82, 2.24) is 10.3 Å². The summed E-state index contributed by atoms with van der Waals surface area (Å²) in [4.78, 5) is 16.8. The molecule has 1 saturated carbocycles. The van der Waals surface area contributed by atoms with Gasteiger partial charge in [0.05, 0.1) is 12.7 Å². The Bertz CT molecular complexity index is 707. The summed E-state index contributed by atoms with van der Waals surface area (Å²) >= 11 is 0. The SMILES string of the molecule is CCOCC(O)CNC(=O)c1ccc2nc(C3CCCCC3)oc2c1. The molecule has 0 bridgehead atoms. The smallest absolute Gasteiger partial charge is 0.251 e. The number of carbonyl (C=O) groups excluding carboxylic acids is 1. The molecule has 2 N–H and O–H groups in total. The monoisotopic (exact) mass is 346 g/mol. The number of aliphatic hydroxyl groups excluding tert-OH is 1. The fraction of sp³-hybridized carbons (Fsp3) is 0.579. The largest absolute Gasteiger partial charge is 0.440 e. The summed E-state index contributed by atoms with van der Waals surface area (Å²) in [6, 6.07) is 5.27. The fourth-order valence-corrected chi connectivity index (χ4v) is 3.23. The second kappa shape index (κ2) is 8.45. The van der Waals surface area contributed by atoms with Crippen LogP contribution in [0.3, 0.4) is 0 Å². The first kappa shape index (κ1) is 17.9. The average molecular weight is 346 g/mol. The summed E-state index contributed by atoms with van der Waals surface area (Å²) < 4.78 is 11.0. The van der Waals surface area contributed by atoms with Crippen molar-refractivity contribution in [3.8, 4) is 0 Å². The van der Waals surface area contributed by atoms with Crippen molar-refractivity contribution < 1.29 is 19.1 Å². The third kappa shape index (κ3) is 4.58. The van der Waals surface area contributed by atoms with Gasteiger partial charge in [-0.3, -0.25) is 4.79 Å². The van der Waals surface area contributed by atoms with E-state index in [2.05, 4.69) is 10.3 Å². The van der Waals surface area contributed by atoms with Gasteiger partial charge in [-0.15, -0.1) is 0 Å². The lowest BCUT2D eigenvalue weighted by atomic mass is 9.89. The number of nitrogens with one attached hydrogen (secondary N) is 1. The van der Waals surface area contributed by atoms with Crippen LogP contribution in [0.15, 0.2) is 22.6 Å². The molecule has 1 unspecified atom stereocenters. The van der Waals surface area contributed by atoms with Crippen LogP contribution in [0, 0.1) is 0 Å². The molecular weight excluding hydrogens is 320 g/mol. The summed E-state index contributed by atoms with van der Waals surface area (Å²) in [6.07, 6.45) is 5.27. The summed E-state index contributed by atoms with van der Waals surface area (Å²) in [5.41, 5.74) is 1.93. The first-order chi connectivity index (χ1) is 12.2. The molecule has 1 aliphatic rings. The topological polar surface area (TPSA) is 84.6 Å². The number of carbonyl (C=O) groups is 1. The molecule has 1 atom stereocenters. The Morgan fingerprint density at radius 1 is 1.40 bits per heavy atom. The molecule has 1 amide bonds. The minimum atomic E-state index is -0.712. The highest BCUT2D eigenvalue weighted by molar-refractivity contribution is 5.97. The van der Waals surface area contributed by atoms with Gasteiger partial charge in [0.25, 0.3) is 5.91 Å². The van der Waals surface area contributed by atoms with Crippen LogP contribution in [0.1, 0.15) is 61.2 Å². The Morgan fingerprint density at radius 2 is 2.20 bits per heavy atom. The minimum Gasteiger partial charge on any atom is -0.440 e. The molecule has 0 spiro atoms. The maximum absolute atomic E-state index is 12.2. The van der Waals surface area contributed by atoms with Gasteiger partial charge in [0.15, 0.2) is 11.5 Å². The molecule has 0 radical (unpaired) electrons. The van der Waals surface area contributed by atoms with Crippen molar-refractivity contribution in [1.29, 1.82) is 0 Å². The number of amides is 1. The first-order valence-corrected chi connectivity index (χ1v) is 9.12. The summed E-state index contributed by atoms with van der Waals surface area (Å²) in [5, 5.41) is 12.4. The highest BCUT2D eigenvalue weighted by Gasteiger charge is 2.21. The van der Waals surface area contributed by atoms with Crippen LogP contribution >= 0.6 is 0 Å². The fourth-order valence-electron chi connectivity index (χ4n) is 3.23. The van der Waals surface area contributed by atoms with Gasteiger partial charge < -0.3 is 19.6 Å². The Hall–Kier alpha value is -1.92. The van der Waals surface area contributed by atoms with Crippen LogP contribution in [0.5, 0.6) is 0 Å². The van der Waals surface area contributed by atoms with Crippen LogP contribution in [0.2, 0.25) is 0 Å². The van der Waals surface area contributed by atoms with Gasteiger partial charge in [-0.05, 0) is 38.0 Å². The zero-order valence-electron chi connectivity index (χ0n) is 14.7. The number of benzene rings is 1. The molecule has 1 aromatic heterocycles. The zero-order chi connectivity index (χ0) is 17.6. The maximum Gasteiger partial charge on any atom is 0.251 e. The quantitative estimate of drug-likeness (QED) is 0.805. The van der Waals surface area contributed by atoms with Crippen molar-refractivity contribution in [2.24, 2.45) is 0 Å². The number of fused-ring (bicyclic) bond motifs is 1. The lowest BCUT2D eigenvalue weighted by Gasteiger charge is -2.17. The molecule has 1 heterocycles. The third-order valence-corrected chi connectivity index (χ3v) is 4.63. The highest BCUT2D eigenvalue weighted by Crippen LogP contribution is 2.33. The molecule has 136 valence electrons. The van der Waals surface area contributed by atoms with Gasteiger partial charge in [-0.25, -0.2) is 4.98 Å². The molecule has 2 aromatic rings. The van der Waals surface area contributed by atoms with Gasteiger partial charge in [0.1, 0.15) is 5.52 Å². The van der Waals surface area contributed by atoms with E-state index < -0.39 is 6.10 Å². The Labute approximate surface area is 147 Å². The molecule has 1 fully saturated rings. The Morgan fingerprint density at radius 3 is 2.96 bits per heavy atom. The van der Waals surface area contributed by atoms with Crippen LogP contribution in [-0.4, -0.2) is 41.9 Å². The van der Waals surface area contributed by atoms with Crippen molar-refractivity contribution in [3.05, 3.63) is 29.7 Å². The van der Waals surface area contributed by atoms with Gasteiger partial charge in [0, 0.05) is 24.6 Å². The first-order valence-electron chi connectivity index (χ1n) is 9.12. The number of nitrogens with zero attached hydrogens (tertiary/aromatic N) is 1. The summed E-state index contributed by atoms with van der Waals surface area (Å²) in [7, 11) is 0. The lowest BCUT2D eigenvalue weighted by molar-refractivity contribution is 0.0418. The van der Waals surface area contributed by atoms with E-state index in [9.17, 15) is 9.90 Å². The number of ether oxygens (including phenoxy) is 1. The second-order valence-corrected chi connectivity index (χ2v) is 6.59. The summed E-state index contributed by atoms with van der Waals surface area (Å²) in [6.45, 7) is 2.76. The van der Waals surface area contributed by atoms with Crippen LogP contribution < -0.4 is 5.32 Å². The molecule has 0 saturated heterocycles. The molecule has 6 heteroatoms. The van der Waals surface area contributed by atoms with Crippen molar-refractivity contribution in [2.75, 3.05) is 19.8 Å². The van der Waals surface area contributed by atoms with Gasteiger partial charge in [0.2, 0.25) is 0 Å². The highest BCUT2D eigenvalue weighted by atomic mass is 16.5. The third-order valence-electron chi connectivity index (χ3n) is 4.63. The maximum atomic E-state index is 12.2. The van der Waals surface area contributed by atoms with Crippen molar-refractivity contribution >= 4 is 17.0 Å². The Balaban J connectivity index is 1.65. The van der Waals surface area contributed by atoms with E-state index in [1.54, 1.807) is 12.1 Å². The van der Waals surface area contributed by atoms with Gasteiger partial charge >= 0.3 is 0 Å². The van der Waals surface area contributed by atoms with Crippen LogP contribution in [0.4, 0.5) is 0 Å². The summed E-state index contributed by atoms with van der Waals surface area (Å²) in [5.74, 6) is 0.944. The number of aliphatic hydroxyl groups is 1. The van der Waals surface area contributed by atoms with E-state index in [0.717, 1.165) is 24.2 Å². The lowest BCUT2D eigenvalue weighted by Crippen LogP contribution is -2.34. The molecule has 25 heavy (non-hydrogen) atoms.